The van der Waals surface area contributed by atoms with Crippen LogP contribution in [-0.2, 0) is 0 Å². The zero-order valence-corrected chi connectivity index (χ0v) is 13.2. The van der Waals surface area contributed by atoms with Crippen LogP contribution in [0.2, 0.25) is 0 Å². The van der Waals surface area contributed by atoms with E-state index in [4.69, 9.17) is 0 Å². The first kappa shape index (κ1) is 15.7. The Labute approximate surface area is 137 Å². The molecule has 2 N–H and O–H groups in total. The molecule has 122 valence electrons. The molecule has 0 amide bonds. The fourth-order valence-electron chi connectivity index (χ4n) is 2.39. The maximum Gasteiger partial charge on any atom is 0.337 e. The lowest BCUT2D eigenvalue weighted by atomic mass is 10.1. The number of hydrogen-bond donors (Lipinski definition) is 2. The Balaban J connectivity index is 2.15. The van der Waals surface area contributed by atoms with Gasteiger partial charge in [0.2, 0.25) is 0 Å². The number of carbonyl (C=O) groups is 1. The number of nitrogens with zero attached hydrogens (tertiary/aromatic N) is 4. The predicted octanol–water partition coefficient (Wildman–Crippen LogP) is 4.28. The molecule has 0 unspecified atom stereocenters. The van der Waals surface area contributed by atoms with E-state index in [2.05, 4.69) is 15.2 Å². The Morgan fingerprint density at radius 3 is 2.62 bits per heavy atom. The van der Waals surface area contributed by atoms with Crippen molar-refractivity contribution in [3.05, 3.63) is 53.9 Å². The normalized spacial score (nSPS) is 11.6. The number of carboxylic acids is 1. The van der Waals surface area contributed by atoms with Crippen molar-refractivity contribution >= 4 is 23.1 Å². The summed E-state index contributed by atoms with van der Waals surface area (Å²) in [7, 11) is 0. The van der Waals surface area contributed by atoms with E-state index in [0.717, 1.165) is 0 Å². The third-order valence-electron chi connectivity index (χ3n) is 3.56. The second-order valence-corrected chi connectivity index (χ2v) is 5.58. The van der Waals surface area contributed by atoms with Crippen molar-refractivity contribution in [2.24, 2.45) is 10.2 Å². The van der Waals surface area contributed by atoms with Gasteiger partial charge < -0.3 is 10.2 Å². The predicted molar refractivity (Wildman–Crippen MR) is 88.5 cm³/mol. The molecule has 0 aliphatic carbocycles. The highest BCUT2D eigenvalue weighted by Gasteiger charge is 2.17. The average molecular weight is 324 g/mol. The van der Waals surface area contributed by atoms with E-state index in [1.54, 1.807) is 40.9 Å². The van der Waals surface area contributed by atoms with Crippen molar-refractivity contribution in [1.82, 2.24) is 9.38 Å². The summed E-state index contributed by atoms with van der Waals surface area (Å²) in [6.07, 6.45) is 1.73. The van der Waals surface area contributed by atoms with Gasteiger partial charge in [-0.15, -0.1) is 10.2 Å². The average Bonchev–Trinajstić information content (AvgIpc) is 2.93. The first-order chi connectivity index (χ1) is 11.5. The zero-order chi connectivity index (χ0) is 17.3. The van der Waals surface area contributed by atoms with Crippen molar-refractivity contribution in [2.45, 2.75) is 19.8 Å². The Hall–Kier alpha value is -3.22. The molecule has 0 atom stereocenters. The van der Waals surface area contributed by atoms with Crippen LogP contribution in [0.4, 0.5) is 11.5 Å². The molecule has 0 saturated carbocycles. The van der Waals surface area contributed by atoms with Gasteiger partial charge >= 0.3 is 5.97 Å². The van der Waals surface area contributed by atoms with Crippen LogP contribution in [0, 0.1) is 0 Å². The van der Waals surface area contributed by atoms with Crippen LogP contribution in [0.3, 0.4) is 0 Å². The largest absolute Gasteiger partial charge is 0.504 e. The summed E-state index contributed by atoms with van der Waals surface area (Å²) in [5.41, 5.74) is 1.40. The Kier molecular flexibility index (Phi) is 3.99. The van der Waals surface area contributed by atoms with E-state index in [1.807, 2.05) is 13.8 Å². The minimum absolute atomic E-state index is 0.0480. The van der Waals surface area contributed by atoms with Gasteiger partial charge in [-0.2, -0.15) is 0 Å². The summed E-state index contributed by atoms with van der Waals surface area (Å²) in [4.78, 5) is 15.7. The number of aromatic nitrogens is 2. The summed E-state index contributed by atoms with van der Waals surface area (Å²) in [6.45, 7) is 3.92. The van der Waals surface area contributed by atoms with E-state index in [0.29, 0.717) is 17.2 Å². The maximum atomic E-state index is 11.3. The standard InChI is InChI=1S/C17H16N4O3/c1-10(2)14-16(21-9-5-8-13(22)15(21)18-14)20-19-12-7-4-3-6-11(12)17(23)24/h3-10,22H,1-2H3,(H,23,24). The molecule has 2 heterocycles. The SMILES string of the molecule is CC(C)c1nc2c(O)cccn2c1N=Nc1ccccc1C(=O)O. The highest BCUT2D eigenvalue weighted by atomic mass is 16.4. The Morgan fingerprint density at radius 1 is 1.17 bits per heavy atom. The molecule has 3 aromatic rings. The Morgan fingerprint density at radius 2 is 1.92 bits per heavy atom. The number of fused-ring (bicyclic) bond motifs is 1. The number of aromatic hydroxyl groups is 1. The summed E-state index contributed by atoms with van der Waals surface area (Å²) >= 11 is 0. The van der Waals surface area contributed by atoms with Crippen LogP contribution in [-0.4, -0.2) is 25.6 Å². The number of hydrogen-bond acceptors (Lipinski definition) is 5. The van der Waals surface area contributed by atoms with Gasteiger partial charge in [-0.3, -0.25) is 4.40 Å². The summed E-state index contributed by atoms with van der Waals surface area (Å²) in [5.74, 6) is -0.486. The van der Waals surface area contributed by atoms with Gasteiger partial charge in [0.25, 0.3) is 0 Å². The van der Waals surface area contributed by atoms with Crippen molar-refractivity contribution in [3.63, 3.8) is 0 Å². The molecule has 0 bridgehead atoms. The molecule has 24 heavy (non-hydrogen) atoms. The van der Waals surface area contributed by atoms with E-state index in [9.17, 15) is 15.0 Å². The molecule has 0 fully saturated rings. The van der Waals surface area contributed by atoms with E-state index in [1.165, 1.54) is 6.07 Å². The molecule has 0 aliphatic heterocycles. The molecule has 0 radical (unpaired) electrons. The lowest BCUT2D eigenvalue weighted by molar-refractivity contribution is 0.0697. The fraction of sp³-hybridized carbons (Fsp3) is 0.176. The first-order valence-electron chi connectivity index (χ1n) is 7.43. The minimum atomic E-state index is -1.07. The maximum absolute atomic E-state index is 11.3. The van der Waals surface area contributed by atoms with Crippen molar-refractivity contribution < 1.29 is 15.0 Å². The highest BCUT2D eigenvalue weighted by Crippen LogP contribution is 2.32. The van der Waals surface area contributed by atoms with Crippen molar-refractivity contribution in [1.29, 1.82) is 0 Å². The number of benzene rings is 1. The fourth-order valence-corrected chi connectivity index (χ4v) is 2.39. The van der Waals surface area contributed by atoms with Crippen molar-refractivity contribution in [2.75, 3.05) is 0 Å². The monoisotopic (exact) mass is 324 g/mol. The molecule has 2 aromatic heterocycles. The molecular formula is C17H16N4O3. The molecule has 0 saturated heterocycles. The highest BCUT2D eigenvalue weighted by molar-refractivity contribution is 5.93. The summed E-state index contributed by atoms with van der Waals surface area (Å²) in [6, 6.07) is 9.62. The van der Waals surface area contributed by atoms with Gasteiger partial charge in [0.05, 0.1) is 11.3 Å². The molecule has 1 aromatic carbocycles. The third-order valence-corrected chi connectivity index (χ3v) is 3.56. The van der Waals surface area contributed by atoms with Crippen LogP contribution in [0.5, 0.6) is 5.75 Å². The topological polar surface area (TPSA) is 99.5 Å². The molecule has 3 rings (SSSR count). The third kappa shape index (κ3) is 2.71. The summed E-state index contributed by atoms with van der Waals surface area (Å²) < 4.78 is 1.64. The molecule has 0 spiro atoms. The molecule has 7 nitrogen and oxygen atoms in total. The number of carboxylic acid groups (broad SMARTS) is 1. The number of rotatable bonds is 4. The van der Waals surface area contributed by atoms with Gasteiger partial charge in [-0.25, -0.2) is 9.78 Å². The second kappa shape index (κ2) is 6.11. The van der Waals surface area contributed by atoms with Crippen LogP contribution < -0.4 is 0 Å². The van der Waals surface area contributed by atoms with E-state index >= 15 is 0 Å². The number of imidazole rings is 1. The first-order valence-corrected chi connectivity index (χ1v) is 7.43. The lowest BCUT2D eigenvalue weighted by Gasteiger charge is -2.02. The van der Waals surface area contributed by atoms with Crippen LogP contribution >= 0.6 is 0 Å². The van der Waals surface area contributed by atoms with Gasteiger partial charge in [-0.05, 0) is 30.2 Å². The molecule has 0 aliphatic rings. The van der Waals surface area contributed by atoms with Crippen LogP contribution in [0.1, 0.15) is 35.8 Å². The molecular weight excluding hydrogens is 308 g/mol. The smallest absolute Gasteiger partial charge is 0.337 e. The van der Waals surface area contributed by atoms with Crippen LogP contribution in [0.15, 0.2) is 52.8 Å². The van der Waals surface area contributed by atoms with Gasteiger partial charge in [0, 0.05) is 6.20 Å². The number of pyridine rings is 1. The van der Waals surface area contributed by atoms with Gasteiger partial charge in [0.15, 0.2) is 17.2 Å². The second-order valence-electron chi connectivity index (χ2n) is 5.58. The molecule has 7 heteroatoms. The number of aromatic carboxylic acids is 1. The van der Waals surface area contributed by atoms with Gasteiger partial charge in [0.1, 0.15) is 5.69 Å². The minimum Gasteiger partial charge on any atom is -0.504 e. The summed E-state index contributed by atoms with van der Waals surface area (Å²) in [5, 5.41) is 27.5. The van der Waals surface area contributed by atoms with Crippen LogP contribution in [0.25, 0.3) is 5.65 Å². The van der Waals surface area contributed by atoms with E-state index in [-0.39, 0.29) is 22.9 Å². The zero-order valence-electron chi connectivity index (χ0n) is 13.2. The lowest BCUT2D eigenvalue weighted by Crippen LogP contribution is -1.95. The number of azo groups is 1. The quantitative estimate of drug-likeness (QED) is 0.700. The van der Waals surface area contributed by atoms with E-state index < -0.39 is 5.97 Å². The Bertz CT molecular complexity index is 944. The van der Waals surface area contributed by atoms with Gasteiger partial charge in [-0.1, -0.05) is 26.0 Å². The van der Waals surface area contributed by atoms with Crippen molar-refractivity contribution in [3.8, 4) is 5.75 Å².